The highest BCUT2D eigenvalue weighted by atomic mass is 16.3. The molecule has 2 rings (SSSR count). The fourth-order valence-corrected chi connectivity index (χ4v) is 1.40. The van der Waals surface area contributed by atoms with Crippen LogP contribution >= 0.6 is 0 Å². The van der Waals surface area contributed by atoms with E-state index in [-0.39, 0.29) is 22.7 Å². The molecular weight excluding hydrogens is 184 g/mol. The molecule has 4 nitrogen and oxygen atoms in total. The summed E-state index contributed by atoms with van der Waals surface area (Å²) in [5, 5.41) is 18.7. The number of hydrogen-bond acceptors (Lipinski definition) is 4. The summed E-state index contributed by atoms with van der Waals surface area (Å²) < 4.78 is 0. The molecule has 0 bridgehead atoms. The van der Waals surface area contributed by atoms with Crippen LogP contribution in [0.1, 0.15) is 0 Å². The lowest BCUT2D eigenvalue weighted by Gasteiger charge is -2.15. The lowest BCUT2D eigenvalue weighted by molar-refractivity contribution is -0.114. The standard InChI is InChI=1S/C10H6O4/c11-5-1-2-6(12)10-8(14)4-3-7(13)9(5)10/h1-4,11,14H. The minimum Gasteiger partial charge on any atom is -0.507 e. The lowest BCUT2D eigenvalue weighted by atomic mass is 9.88. The second kappa shape index (κ2) is 2.70. The van der Waals surface area contributed by atoms with E-state index in [9.17, 15) is 19.8 Å². The maximum Gasteiger partial charge on any atom is 0.190 e. The second-order valence-electron chi connectivity index (χ2n) is 2.92. The number of carbonyl (C=O) groups excluding carboxylic acids is 2. The SMILES string of the molecule is O=C1C=CC(O)=C2C(=O)C=CC(O)=C12. The van der Waals surface area contributed by atoms with E-state index >= 15 is 0 Å². The molecule has 0 saturated carbocycles. The summed E-state index contributed by atoms with van der Waals surface area (Å²) in [6.45, 7) is 0. The molecule has 4 heteroatoms. The van der Waals surface area contributed by atoms with Crippen molar-refractivity contribution in [1.82, 2.24) is 0 Å². The van der Waals surface area contributed by atoms with Gasteiger partial charge in [-0.2, -0.15) is 0 Å². The predicted molar refractivity (Wildman–Crippen MR) is 47.6 cm³/mol. The van der Waals surface area contributed by atoms with Crippen LogP contribution in [-0.4, -0.2) is 21.8 Å². The zero-order valence-corrected chi connectivity index (χ0v) is 7.02. The summed E-state index contributed by atoms with van der Waals surface area (Å²) in [4.78, 5) is 22.6. The maximum absolute atomic E-state index is 11.3. The molecule has 0 saturated heterocycles. The van der Waals surface area contributed by atoms with Gasteiger partial charge in [-0.1, -0.05) is 0 Å². The van der Waals surface area contributed by atoms with Crippen molar-refractivity contribution in [3.05, 3.63) is 47.0 Å². The zero-order chi connectivity index (χ0) is 10.3. The van der Waals surface area contributed by atoms with E-state index < -0.39 is 11.6 Å². The van der Waals surface area contributed by atoms with Crippen molar-refractivity contribution in [3.63, 3.8) is 0 Å². The molecule has 0 aromatic heterocycles. The van der Waals surface area contributed by atoms with Crippen molar-refractivity contribution in [3.8, 4) is 0 Å². The van der Waals surface area contributed by atoms with Gasteiger partial charge in [0.05, 0.1) is 11.1 Å². The quantitative estimate of drug-likeness (QED) is 0.594. The first-order chi connectivity index (χ1) is 6.61. The molecule has 0 aromatic rings. The van der Waals surface area contributed by atoms with E-state index in [2.05, 4.69) is 0 Å². The number of fused-ring (bicyclic) bond motifs is 1. The monoisotopic (exact) mass is 190 g/mol. The molecule has 0 heterocycles. The normalized spacial score (nSPS) is 20.6. The van der Waals surface area contributed by atoms with Crippen molar-refractivity contribution in [2.45, 2.75) is 0 Å². The fraction of sp³-hybridized carbons (Fsp3) is 0. The number of aliphatic hydroxyl groups excluding tert-OH is 2. The van der Waals surface area contributed by atoms with Gasteiger partial charge < -0.3 is 10.2 Å². The molecular formula is C10H6O4. The first-order valence-corrected chi connectivity index (χ1v) is 3.93. The molecule has 0 unspecified atom stereocenters. The summed E-state index contributed by atoms with van der Waals surface area (Å²) in [5.74, 6) is -1.54. The van der Waals surface area contributed by atoms with Crippen LogP contribution in [0.3, 0.4) is 0 Å². The summed E-state index contributed by atoms with van der Waals surface area (Å²) >= 11 is 0. The molecule has 2 aliphatic rings. The number of carbonyl (C=O) groups is 2. The van der Waals surface area contributed by atoms with Gasteiger partial charge in [0.25, 0.3) is 0 Å². The van der Waals surface area contributed by atoms with E-state index in [1.807, 2.05) is 0 Å². The molecule has 0 radical (unpaired) electrons. The molecule has 0 aromatic carbocycles. The van der Waals surface area contributed by atoms with Gasteiger partial charge in [-0.15, -0.1) is 0 Å². The van der Waals surface area contributed by atoms with Crippen molar-refractivity contribution in [2.24, 2.45) is 0 Å². The molecule has 2 N–H and O–H groups in total. The Bertz CT molecular complexity index is 417. The Morgan fingerprint density at radius 2 is 1.07 bits per heavy atom. The van der Waals surface area contributed by atoms with Crippen LogP contribution in [-0.2, 0) is 9.59 Å². The van der Waals surface area contributed by atoms with Crippen molar-refractivity contribution in [1.29, 1.82) is 0 Å². The van der Waals surface area contributed by atoms with E-state index in [1.54, 1.807) is 0 Å². The van der Waals surface area contributed by atoms with Crippen molar-refractivity contribution >= 4 is 11.6 Å². The molecule has 0 aliphatic heterocycles. The Kier molecular flexibility index (Phi) is 1.64. The van der Waals surface area contributed by atoms with Crippen LogP contribution in [0, 0.1) is 0 Å². The van der Waals surface area contributed by atoms with Crippen LogP contribution in [0.4, 0.5) is 0 Å². The minimum atomic E-state index is -0.479. The average molecular weight is 190 g/mol. The van der Waals surface area contributed by atoms with Gasteiger partial charge in [-0.25, -0.2) is 0 Å². The first-order valence-electron chi connectivity index (χ1n) is 3.93. The van der Waals surface area contributed by atoms with Gasteiger partial charge in [-0.3, -0.25) is 9.59 Å². The first kappa shape index (κ1) is 8.50. The van der Waals surface area contributed by atoms with Gasteiger partial charge in [0.2, 0.25) is 0 Å². The van der Waals surface area contributed by atoms with Crippen LogP contribution < -0.4 is 0 Å². The Morgan fingerprint density at radius 3 is 1.43 bits per heavy atom. The van der Waals surface area contributed by atoms with E-state index in [1.165, 1.54) is 0 Å². The van der Waals surface area contributed by atoms with Crippen molar-refractivity contribution < 1.29 is 19.8 Å². The average Bonchev–Trinajstić information content (AvgIpc) is 2.16. The molecule has 2 aliphatic carbocycles. The van der Waals surface area contributed by atoms with Crippen LogP contribution in [0.2, 0.25) is 0 Å². The van der Waals surface area contributed by atoms with Crippen LogP contribution in [0.5, 0.6) is 0 Å². The van der Waals surface area contributed by atoms with Gasteiger partial charge in [0, 0.05) is 0 Å². The third-order valence-electron chi connectivity index (χ3n) is 2.04. The third-order valence-corrected chi connectivity index (χ3v) is 2.04. The smallest absolute Gasteiger partial charge is 0.190 e. The van der Waals surface area contributed by atoms with Gasteiger partial charge in [0.15, 0.2) is 11.6 Å². The Balaban J connectivity index is 2.73. The molecule has 0 atom stereocenters. The molecule has 70 valence electrons. The second-order valence-corrected chi connectivity index (χ2v) is 2.92. The highest BCUT2D eigenvalue weighted by Crippen LogP contribution is 2.27. The predicted octanol–water partition coefficient (Wildman–Crippen LogP) is 0.888. The fourth-order valence-electron chi connectivity index (χ4n) is 1.40. The Hall–Kier alpha value is -2.10. The summed E-state index contributed by atoms with van der Waals surface area (Å²) in [5.41, 5.74) is -0.255. The highest BCUT2D eigenvalue weighted by molar-refractivity contribution is 6.22. The summed E-state index contributed by atoms with van der Waals surface area (Å²) in [7, 11) is 0. The number of aliphatic hydroxyl groups is 2. The van der Waals surface area contributed by atoms with Gasteiger partial charge in [0.1, 0.15) is 11.5 Å². The summed E-state index contributed by atoms with van der Waals surface area (Å²) in [6.07, 6.45) is 4.50. The largest absolute Gasteiger partial charge is 0.507 e. The molecule has 14 heavy (non-hydrogen) atoms. The van der Waals surface area contributed by atoms with Gasteiger partial charge >= 0.3 is 0 Å². The minimum absolute atomic E-state index is 0.127. The molecule has 0 spiro atoms. The van der Waals surface area contributed by atoms with E-state index in [4.69, 9.17) is 0 Å². The molecule has 0 fully saturated rings. The summed E-state index contributed by atoms with van der Waals surface area (Å²) in [6, 6.07) is 0. The third kappa shape index (κ3) is 1.01. The maximum atomic E-state index is 11.3. The highest BCUT2D eigenvalue weighted by Gasteiger charge is 2.29. The van der Waals surface area contributed by atoms with Crippen LogP contribution in [0.25, 0.3) is 0 Å². The zero-order valence-electron chi connectivity index (χ0n) is 7.02. The number of ketones is 2. The molecule has 0 amide bonds. The van der Waals surface area contributed by atoms with Gasteiger partial charge in [-0.05, 0) is 24.3 Å². The number of rotatable bonds is 0. The number of hydrogen-bond donors (Lipinski definition) is 2. The topological polar surface area (TPSA) is 74.6 Å². The van der Waals surface area contributed by atoms with Crippen molar-refractivity contribution in [2.75, 3.05) is 0 Å². The Morgan fingerprint density at radius 1 is 0.714 bits per heavy atom. The van der Waals surface area contributed by atoms with E-state index in [0.717, 1.165) is 24.3 Å². The lowest BCUT2D eigenvalue weighted by Crippen LogP contribution is -2.19. The van der Waals surface area contributed by atoms with E-state index in [0.29, 0.717) is 0 Å². The number of allylic oxidation sites excluding steroid dienone is 6. The Labute approximate surface area is 79.2 Å². The van der Waals surface area contributed by atoms with Crippen LogP contribution in [0.15, 0.2) is 47.0 Å².